The number of nitrogens with two attached hydrogens (primary N) is 1. The summed E-state index contributed by atoms with van der Waals surface area (Å²) in [6.07, 6.45) is 0.980. The molecule has 3 aromatic rings. The molecule has 0 spiro atoms. The molecule has 4 rings (SSSR count). The van der Waals surface area contributed by atoms with Crippen LogP contribution in [0, 0.1) is 5.92 Å². The number of carboxylic acid groups (broad SMARTS) is 1. The summed E-state index contributed by atoms with van der Waals surface area (Å²) >= 11 is 0. The number of hydrogen-bond acceptors (Lipinski definition) is 4. The van der Waals surface area contributed by atoms with Crippen LogP contribution in [-0.4, -0.2) is 29.7 Å². The number of aryl methyl sites for hydroxylation is 1. The van der Waals surface area contributed by atoms with Crippen molar-refractivity contribution in [3.05, 3.63) is 95.6 Å². The van der Waals surface area contributed by atoms with Crippen LogP contribution in [0.4, 0.5) is 0 Å². The molecule has 0 bridgehead atoms. The van der Waals surface area contributed by atoms with E-state index in [9.17, 15) is 14.7 Å². The van der Waals surface area contributed by atoms with Crippen LogP contribution in [0.25, 0.3) is 11.1 Å². The molecular formula is C26H25NO4. The quantitative estimate of drug-likeness (QED) is 0.429. The summed E-state index contributed by atoms with van der Waals surface area (Å²) in [5, 5.41) is 9.64. The molecule has 5 nitrogen and oxygen atoms in total. The molecule has 0 aliphatic heterocycles. The van der Waals surface area contributed by atoms with Crippen molar-refractivity contribution in [1.82, 2.24) is 0 Å². The van der Waals surface area contributed by atoms with Gasteiger partial charge in [0.15, 0.2) is 5.92 Å². The molecule has 158 valence electrons. The van der Waals surface area contributed by atoms with Gasteiger partial charge in [-0.25, -0.2) is 0 Å². The van der Waals surface area contributed by atoms with Crippen LogP contribution in [0.1, 0.15) is 29.0 Å². The topological polar surface area (TPSA) is 89.6 Å². The average molecular weight is 415 g/mol. The summed E-state index contributed by atoms with van der Waals surface area (Å²) in [7, 11) is 0. The highest BCUT2D eigenvalue weighted by molar-refractivity contribution is 5.95. The van der Waals surface area contributed by atoms with Gasteiger partial charge in [-0.1, -0.05) is 78.9 Å². The molecule has 3 aromatic carbocycles. The number of fused-ring (bicyclic) bond motifs is 3. The molecule has 1 aliphatic carbocycles. The van der Waals surface area contributed by atoms with Gasteiger partial charge in [-0.05, 0) is 40.7 Å². The second-order valence-corrected chi connectivity index (χ2v) is 7.86. The fraction of sp³-hybridized carbons (Fsp3) is 0.231. The molecule has 0 fully saturated rings. The van der Waals surface area contributed by atoms with Gasteiger partial charge in [0.25, 0.3) is 0 Å². The number of aliphatic carboxylic acids is 1. The minimum Gasteiger partial charge on any atom is -0.481 e. The van der Waals surface area contributed by atoms with Gasteiger partial charge < -0.3 is 15.6 Å². The Morgan fingerprint density at radius 2 is 1.42 bits per heavy atom. The first-order chi connectivity index (χ1) is 15.1. The zero-order chi connectivity index (χ0) is 21.8. The fourth-order valence-electron chi connectivity index (χ4n) is 4.30. The molecule has 2 atom stereocenters. The van der Waals surface area contributed by atoms with Gasteiger partial charge in [0.05, 0.1) is 0 Å². The average Bonchev–Trinajstić information content (AvgIpc) is 3.11. The molecule has 31 heavy (non-hydrogen) atoms. The van der Waals surface area contributed by atoms with E-state index < -0.39 is 23.9 Å². The van der Waals surface area contributed by atoms with E-state index in [0.29, 0.717) is 12.8 Å². The van der Waals surface area contributed by atoms with Gasteiger partial charge in [0.1, 0.15) is 6.61 Å². The number of rotatable bonds is 8. The Bertz CT molecular complexity index is 1030. The smallest absolute Gasteiger partial charge is 0.321 e. The first-order valence-corrected chi connectivity index (χ1v) is 10.4. The molecule has 0 saturated carbocycles. The summed E-state index contributed by atoms with van der Waals surface area (Å²) in [6.45, 7) is 0.0854. The van der Waals surface area contributed by atoms with Crippen molar-refractivity contribution in [3.8, 4) is 11.1 Å². The number of carbonyl (C=O) groups excluding carboxylic acids is 1. The summed E-state index contributed by atoms with van der Waals surface area (Å²) in [6, 6.07) is 24.9. The maximum absolute atomic E-state index is 12.7. The molecule has 0 saturated heterocycles. The van der Waals surface area contributed by atoms with E-state index >= 15 is 0 Å². The SMILES string of the molecule is NC(CCc1ccccc1)[C@@H](C(=O)O)C(=O)OCC1c2ccccc2-c2ccccc21. The van der Waals surface area contributed by atoms with Crippen molar-refractivity contribution in [3.63, 3.8) is 0 Å². The molecule has 1 unspecified atom stereocenters. The van der Waals surface area contributed by atoms with E-state index in [-0.39, 0.29) is 12.5 Å². The summed E-state index contributed by atoms with van der Waals surface area (Å²) in [5.41, 5.74) is 11.6. The van der Waals surface area contributed by atoms with Crippen LogP contribution in [0.5, 0.6) is 0 Å². The van der Waals surface area contributed by atoms with Crippen LogP contribution < -0.4 is 5.73 Å². The van der Waals surface area contributed by atoms with Gasteiger partial charge in [-0.15, -0.1) is 0 Å². The molecule has 0 aromatic heterocycles. The van der Waals surface area contributed by atoms with E-state index in [2.05, 4.69) is 12.1 Å². The van der Waals surface area contributed by atoms with Crippen LogP contribution in [-0.2, 0) is 20.7 Å². The second kappa shape index (κ2) is 9.14. The molecule has 0 amide bonds. The lowest BCUT2D eigenvalue weighted by Crippen LogP contribution is -2.42. The van der Waals surface area contributed by atoms with Gasteiger partial charge in [-0.2, -0.15) is 0 Å². The third-order valence-corrected chi connectivity index (χ3v) is 5.91. The Morgan fingerprint density at radius 1 is 0.871 bits per heavy atom. The van der Waals surface area contributed by atoms with Crippen molar-refractivity contribution >= 4 is 11.9 Å². The number of carbonyl (C=O) groups is 2. The van der Waals surface area contributed by atoms with Crippen molar-refractivity contribution in [2.75, 3.05) is 6.61 Å². The molecule has 0 radical (unpaired) electrons. The van der Waals surface area contributed by atoms with E-state index in [0.717, 1.165) is 27.8 Å². The Hall–Kier alpha value is -3.44. The van der Waals surface area contributed by atoms with Crippen molar-refractivity contribution in [2.24, 2.45) is 11.7 Å². The van der Waals surface area contributed by atoms with Gasteiger partial charge in [0.2, 0.25) is 0 Å². The van der Waals surface area contributed by atoms with E-state index in [1.807, 2.05) is 66.7 Å². The van der Waals surface area contributed by atoms with Crippen LogP contribution >= 0.6 is 0 Å². The van der Waals surface area contributed by atoms with Crippen molar-refractivity contribution < 1.29 is 19.4 Å². The van der Waals surface area contributed by atoms with Gasteiger partial charge in [0, 0.05) is 12.0 Å². The maximum atomic E-state index is 12.7. The zero-order valence-corrected chi connectivity index (χ0v) is 17.1. The molecular weight excluding hydrogens is 390 g/mol. The van der Waals surface area contributed by atoms with Crippen LogP contribution in [0.3, 0.4) is 0 Å². The standard InChI is InChI=1S/C26H25NO4/c27-23(15-14-17-8-2-1-3-9-17)24(25(28)29)26(30)31-16-22-20-12-6-4-10-18(20)19-11-5-7-13-21(19)22/h1-13,22-24H,14-16,27H2,(H,28,29)/t23?,24-/m0/s1. The number of esters is 1. The number of benzene rings is 3. The van der Waals surface area contributed by atoms with E-state index in [4.69, 9.17) is 10.5 Å². The van der Waals surface area contributed by atoms with E-state index in [1.165, 1.54) is 0 Å². The lowest BCUT2D eigenvalue weighted by molar-refractivity contribution is -0.159. The van der Waals surface area contributed by atoms with Crippen LogP contribution in [0.15, 0.2) is 78.9 Å². The Morgan fingerprint density at radius 3 is 2.00 bits per heavy atom. The third kappa shape index (κ3) is 4.37. The molecule has 1 aliphatic rings. The second-order valence-electron chi connectivity index (χ2n) is 7.86. The lowest BCUT2D eigenvalue weighted by Gasteiger charge is -2.21. The lowest BCUT2D eigenvalue weighted by atomic mass is 9.94. The largest absolute Gasteiger partial charge is 0.481 e. The van der Waals surface area contributed by atoms with Crippen molar-refractivity contribution in [2.45, 2.75) is 24.8 Å². The zero-order valence-electron chi connectivity index (χ0n) is 17.1. The summed E-state index contributed by atoms with van der Waals surface area (Å²) in [5.74, 6) is -3.55. The minimum atomic E-state index is -1.39. The van der Waals surface area contributed by atoms with Crippen LogP contribution in [0.2, 0.25) is 0 Å². The fourth-order valence-corrected chi connectivity index (χ4v) is 4.30. The Labute approximate surface area is 181 Å². The number of carboxylic acids is 1. The summed E-state index contributed by atoms with van der Waals surface area (Å²) < 4.78 is 5.54. The highest BCUT2D eigenvalue weighted by Gasteiger charge is 2.36. The van der Waals surface area contributed by atoms with Gasteiger partial charge >= 0.3 is 11.9 Å². The Balaban J connectivity index is 1.44. The minimum absolute atomic E-state index is 0.0854. The summed E-state index contributed by atoms with van der Waals surface area (Å²) in [4.78, 5) is 24.5. The normalized spacial score (nSPS) is 14.4. The predicted octanol–water partition coefficient (Wildman–Crippen LogP) is 4.00. The van der Waals surface area contributed by atoms with Crippen molar-refractivity contribution in [1.29, 1.82) is 0 Å². The molecule has 3 N–H and O–H groups in total. The third-order valence-electron chi connectivity index (χ3n) is 5.91. The number of hydrogen-bond donors (Lipinski definition) is 2. The molecule has 5 heteroatoms. The highest BCUT2D eigenvalue weighted by atomic mass is 16.5. The predicted molar refractivity (Wildman–Crippen MR) is 119 cm³/mol. The first-order valence-electron chi connectivity index (χ1n) is 10.4. The highest BCUT2D eigenvalue weighted by Crippen LogP contribution is 2.44. The number of ether oxygens (including phenoxy) is 1. The monoisotopic (exact) mass is 415 g/mol. The maximum Gasteiger partial charge on any atom is 0.321 e. The molecule has 0 heterocycles. The first kappa shape index (κ1) is 20.8. The Kier molecular flexibility index (Phi) is 6.14. The van der Waals surface area contributed by atoms with Gasteiger partial charge in [-0.3, -0.25) is 9.59 Å². The van der Waals surface area contributed by atoms with E-state index in [1.54, 1.807) is 0 Å².